The van der Waals surface area contributed by atoms with Crippen molar-refractivity contribution < 1.29 is 19.0 Å². The maximum absolute atomic E-state index is 14.2. The van der Waals surface area contributed by atoms with Crippen molar-refractivity contribution in [3.05, 3.63) is 75.1 Å². The van der Waals surface area contributed by atoms with E-state index < -0.39 is 38.3 Å². The van der Waals surface area contributed by atoms with E-state index in [1.165, 1.54) is 12.1 Å². The van der Waals surface area contributed by atoms with Crippen LogP contribution in [0.5, 0.6) is 0 Å². The molecule has 2 aromatic carbocycles. The van der Waals surface area contributed by atoms with Crippen molar-refractivity contribution in [2.24, 2.45) is 0 Å². The van der Waals surface area contributed by atoms with Crippen molar-refractivity contribution in [3.63, 3.8) is 0 Å². The predicted octanol–water partition coefficient (Wildman–Crippen LogP) is 3.27. The van der Waals surface area contributed by atoms with E-state index in [9.17, 15) is 14.3 Å². The Balaban J connectivity index is 2.01. The highest BCUT2D eigenvalue weighted by Gasteiger charge is 2.40. The summed E-state index contributed by atoms with van der Waals surface area (Å²) in [6.07, 6.45) is 1.43. The molecular formula is C18H14FIO3. The Morgan fingerprint density at radius 2 is 1.91 bits per heavy atom. The van der Waals surface area contributed by atoms with Crippen LogP contribution in [-0.2, 0) is 16.0 Å². The number of benzene rings is 2. The number of hydrogen-bond acceptors (Lipinski definition) is 3. The van der Waals surface area contributed by atoms with Gasteiger partial charge in [-0.15, -0.1) is 0 Å². The zero-order valence-electron chi connectivity index (χ0n) is 12.1. The first-order valence-electron chi connectivity index (χ1n) is 6.92. The van der Waals surface area contributed by atoms with E-state index in [2.05, 4.69) is 4.51 Å². The maximum Gasteiger partial charge on any atom is 0.341 e. The van der Waals surface area contributed by atoms with Crippen LogP contribution in [0.1, 0.15) is 11.1 Å². The molecule has 0 bridgehead atoms. The minimum atomic E-state index is -1.76. The molecule has 1 aliphatic heterocycles. The molecule has 1 heterocycles. The first-order valence-corrected chi connectivity index (χ1v) is 9.52. The van der Waals surface area contributed by atoms with Gasteiger partial charge >= 0.3 is 5.97 Å². The lowest BCUT2D eigenvalue weighted by molar-refractivity contribution is -0.176. The molecule has 0 amide bonds. The highest BCUT2D eigenvalue weighted by atomic mass is 127. The van der Waals surface area contributed by atoms with Crippen molar-refractivity contribution in [3.8, 4) is 0 Å². The van der Waals surface area contributed by atoms with Crippen molar-refractivity contribution >= 4 is 36.8 Å². The molecule has 0 radical (unpaired) electrons. The molecule has 1 aliphatic rings. The molecule has 2 aromatic rings. The fraction of sp³-hybridized carbons (Fsp3) is 0.111. The average Bonchev–Trinajstić information content (AvgIpc) is 2.82. The Labute approximate surface area is 143 Å². The summed E-state index contributed by atoms with van der Waals surface area (Å²) in [5.74, 6) is -2.97. The van der Waals surface area contributed by atoms with E-state index in [-0.39, 0.29) is 17.6 Å². The number of esters is 1. The van der Waals surface area contributed by atoms with Crippen molar-refractivity contribution in [2.45, 2.75) is 12.2 Å². The fourth-order valence-electron chi connectivity index (χ4n) is 2.55. The normalized spacial score (nSPS) is 20.3. The number of cyclic esters (lactones) is 1. The number of halogens is 2. The zero-order chi connectivity index (χ0) is 16.4. The van der Waals surface area contributed by atoms with Crippen LogP contribution in [0.2, 0.25) is 0 Å². The molecule has 0 spiro atoms. The van der Waals surface area contributed by atoms with Crippen molar-refractivity contribution in [1.29, 1.82) is 0 Å². The molecule has 1 atom stereocenters. The largest absolute Gasteiger partial charge is 0.425 e. The second-order valence-electron chi connectivity index (χ2n) is 5.19. The van der Waals surface area contributed by atoms with Crippen LogP contribution in [0.3, 0.4) is 0 Å². The molecule has 0 fully saturated rings. The van der Waals surface area contributed by atoms with Crippen LogP contribution in [0.4, 0.5) is 4.39 Å². The third kappa shape index (κ3) is 3.25. The first-order chi connectivity index (χ1) is 11.0. The van der Waals surface area contributed by atoms with Gasteiger partial charge < -0.3 is 9.84 Å². The van der Waals surface area contributed by atoms with Crippen LogP contribution in [-0.4, -0.2) is 21.4 Å². The number of ether oxygens (including phenoxy) is 1. The molecule has 118 valence electrons. The van der Waals surface area contributed by atoms with E-state index >= 15 is 0 Å². The lowest BCUT2D eigenvalue weighted by Gasteiger charge is -2.19. The average molecular weight is 424 g/mol. The molecule has 3 rings (SSSR count). The SMILES string of the molecule is C=Ic1cccc(F)c1C1=CC(O)(Cc2ccccc2)OC1=O. The highest BCUT2D eigenvalue weighted by Crippen LogP contribution is 2.35. The minimum absolute atomic E-state index is 0.0693. The predicted molar refractivity (Wildman–Crippen MR) is 95.4 cm³/mol. The van der Waals surface area contributed by atoms with Gasteiger partial charge in [-0.1, -0.05) is 61.6 Å². The second kappa shape index (κ2) is 6.33. The molecule has 23 heavy (non-hydrogen) atoms. The van der Waals surface area contributed by atoms with Gasteiger partial charge in [-0.2, -0.15) is 0 Å². The van der Waals surface area contributed by atoms with Gasteiger partial charge in [0.05, 0.1) is 5.57 Å². The molecule has 1 unspecified atom stereocenters. The summed E-state index contributed by atoms with van der Waals surface area (Å²) in [7, 11) is 0. The van der Waals surface area contributed by atoms with Gasteiger partial charge in [0.2, 0.25) is 5.79 Å². The Kier molecular flexibility index (Phi) is 4.41. The van der Waals surface area contributed by atoms with E-state index in [1.54, 1.807) is 12.1 Å². The monoisotopic (exact) mass is 424 g/mol. The number of carbonyl (C=O) groups is 1. The van der Waals surface area contributed by atoms with Gasteiger partial charge in [0.15, 0.2) is 0 Å². The molecular weight excluding hydrogens is 410 g/mol. The summed E-state index contributed by atoms with van der Waals surface area (Å²) in [5.41, 5.74) is 1.09. The van der Waals surface area contributed by atoms with Crippen LogP contribution >= 0.6 is 20.7 Å². The second-order valence-corrected chi connectivity index (χ2v) is 7.11. The van der Waals surface area contributed by atoms with E-state index in [4.69, 9.17) is 4.74 Å². The minimum Gasteiger partial charge on any atom is -0.425 e. The third-order valence-electron chi connectivity index (χ3n) is 3.54. The van der Waals surface area contributed by atoms with Crippen molar-refractivity contribution in [2.75, 3.05) is 0 Å². The fourth-order valence-corrected chi connectivity index (χ4v) is 3.94. The summed E-state index contributed by atoms with van der Waals surface area (Å²) < 4.78 is 23.9. The van der Waals surface area contributed by atoms with Gasteiger partial charge in [-0.25, -0.2) is 9.18 Å². The topological polar surface area (TPSA) is 46.5 Å². The molecule has 5 heteroatoms. The van der Waals surface area contributed by atoms with Crippen LogP contribution < -0.4 is 0 Å². The molecule has 3 nitrogen and oxygen atoms in total. The maximum atomic E-state index is 14.2. The standard InChI is InChI=1S/C18H14FIO3/c1-20-15-9-5-8-14(19)16(15)13-11-18(22,23-17(13)21)10-12-6-3-2-4-7-12/h2-9,11,22H,1,10H2. The summed E-state index contributed by atoms with van der Waals surface area (Å²) in [4.78, 5) is 12.2. The Morgan fingerprint density at radius 1 is 1.17 bits per heavy atom. The Hall–Kier alpha value is -1.86. The van der Waals surface area contributed by atoms with E-state index in [0.29, 0.717) is 3.57 Å². The van der Waals surface area contributed by atoms with E-state index in [0.717, 1.165) is 5.56 Å². The van der Waals surface area contributed by atoms with Gasteiger partial charge in [-0.3, -0.25) is 0 Å². The number of carbonyl (C=O) groups excluding carboxylic acids is 1. The molecule has 0 saturated carbocycles. The van der Waals surface area contributed by atoms with Gasteiger partial charge in [-0.05, 0) is 17.7 Å². The van der Waals surface area contributed by atoms with E-state index in [1.807, 2.05) is 30.3 Å². The van der Waals surface area contributed by atoms with Gasteiger partial charge in [0, 0.05) is 21.6 Å². The number of hydrogen-bond donors (Lipinski definition) is 1. The summed E-state index contributed by atoms with van der Waals surface area (Å²) in [6.45, 7) is 0. The van der Waals surface area contributed by atoms with Crippen molar-refractivity contribution in [1.82, 2.24) is 0 Å². The molecule has 1 N–H and O–H groups in total. The van der Waals surface area contributed by atoms with Crippen LogP contribution in [0.25, 0.3) is 5.57 Å². The lowest BCUT2D eigenvalue weighted by atomic mass is 10.0. The molecule has 0 aromatic heterocycles. The summed E-state index contributed by atoms with van der Waals surface area (Å²) >= 11 is -0.667. The van der Waals surface area contributed by atoms with Gasteiger partial charge in [0.25, 0.3) is 0 Å². The van der Waals surface area contributed by atoms with Crippen LogP contribution in [0.15, 0.2) is 54.6 Å². The lowest BCUT2D eigenvalue weighted by Crippen LogP contribution is -2.30. The number of rotatable bonds is 4. The Morgan fingerprint density at radius 3 is 2.61 bits per heavy atom. The zero-order valence-corrected chi connectivity index (χ0v) is 14.3. The highest BCUT2D eigenvalue weighted by molar-refractivity contribution is 14.2. The smallest absolute Gasteiger partial charge is 0.341 e. The first kappa shape index (κ1) is 16.0. The third-order valence-corrected chi connectivity index (χ3v) is 5.26. The quantitative estimate of drug-likeness (QED) is 0.606. The summed E-state index contributed by atoms with van der Waals surface area (Å²) in [5, 5.41) is 10.6. The summed E-state index contributed by atoms with van der Waals surface area (Å²) in [6, 6.07) is 13.8. The molecule has 0 saturated heterocycles. The number of aliphatic hydroxyl groups is 1. The molecule has 0 aliphatic carbocycles. The Bertz CT molecular complexity index is 801. The van der Waals surface area contributed by atoms with Gasteiger partial charge in [0.1, 0.15) is 5.82 Å². The van der Waals surface area contributed by atoms with Crippen LogP contribution in [0, 0.1) is 9.39 Å².